The lowest BCUT2D eigenvalue weighted by atomic mass is 9.74. The second-order valence-corrected chi connectivity index (χ2v) is 6.52. The molecule has 0 aromatic heterocycles. The minimum absolute atomic E-state index is 0.151. The first-order chi connectivity index (χ1) is 10.2. The molecule has 0 saturated carbocycles. The van der Waals surface area contributed by atoms with Crippen molar-refractivity contribution in [3.63, 3.8) is 0 Å². The Labute approximate surface area is 125 Å². The quantitative estimate of drug-likeness (QED) is 0.909. The smallest absolute Gasteiger partial charge is 0.140 e. The van der Waals surface area contributed by atoms with Crippen LogP contribution in [-0.4, -0.2) is 31.1 Å². The molecular weight excluding hydrogens is 265 g/mol. The molecule has 1 spiro atoms. The average Bonchev–Trinajstić information content (AvgIpc) is 2.50. The van der Waals surface area contributed by atoms with Gasteiger partial charge in [0.25, 0.3) is 0 Å². The molecule has 2 aliphatic rings. The molecule has 0 radical (unpaired) electrons. The van der Waals surface area contributed by atoms with Gasteiger partial charge in [0, 0.05) is 19.6 Å². The summed E-state index contributed by atoms with van der Waals surface area (Å²) < 4.78 is 13.4. The fraction of sp³-hybridized carbons (Fsp3) is 0.588. The van der Waals surface area contributed by atoms with Crippen LogP contribution < -0.4 is 5.32 Å². The molecule has 1 aromatic carbocycles. The second-order valence-electron chi connectivity index (χ2n) is 6.52. The minimum atomic E-state index is -0.423. The van der Waals surface area contributed by atoms with E-state index < -0.39 is 5.82 Å². The number of piperidine rings is 2. The van der Waals surface area contributed by atoms with Crippen LogP contribution in [0.2, 0.25) is 0 Å². The van der Waals surface area contributed by atoms with Crippen LogP contribution in [0.4, 0.5) is 4.39 Å². The van der Waals surface area contributed by atoms with Crippen LogP contribution in [0, 0.1) is 22.6 Å². The molecule has 112 valence electrons. The van der Waals surface area contributed by atoms with Crippen LogP contribution in [-0.2, 0) is 6.54 Å². The standard InChI is InChI=1S/C17H22FN3/c18-16-4-3-14(9-15(16)10-19)11-21-8-2-6-17(13-21)5-1-7-20-12-17/h3-4,9,20H,1-2,5-8,11-13H2. The van der Waals surface area contributed by atoms with Gasteiger partial charge in [-0.25, -0.2) is 4.39 Å². The van der Waals surface area contributed by atoms with Crippen LogP contribution in [0.1, 0.15) is 36.8 Å². The van der Waals surface area contributed by atoms with Crippen LogP contribution in [0.15, 0.2) is 18.2 Å². The van der Waals surface area contributed by atoms with E-state index in [0.717, 1.165) is 38.3 Å². The van der Waals surface area contributed by atoms with E-state index in [1.165, 1.54) is 31.7 Å². The molecule has 0 bridgehead atoms. The van der Waals surface area contributed by atoms with Gasteiger partial charge in [-0.05, 0) is 61.9 Å². The summed E-state index contributed by atoms with van der Waals surface area (Å²) in [6.07, 6.45) is 5.11. The van der Waals surface area contributed by atoms with Crippen molar-refractivity contribution in [2.45, 2.75) is 32.2 Å². The summed E-state index contributed by atoms with van der Waals surface area (Å²) in [5.74, 6) is -0.423. The molecule has 2 aliphatic heterocycles. The molecule has 2 fully saturated rings. The van der Waals surface area contributed by atoms with E-state index >= 15 is 0 Å². The van der Waals surface area contributed by atoms with Crippen molar-refractivity contribution in [1.82, 2.24) is 10.2 Å². The number of likely N-dealkylation sites (tertiary alicyclic amines) is 1. The normalized spacial score (nSPS) is 26.7. The van der Waals surface area contributed by atoms with Gasteiger partial charge in [-0.2, -0.15) is 5.26 Å². The molecule has 21 heavy (non-hydrogen) atoms. The number of nitriles is 1. The molecule has 2 saturated heterocycles. The minimum Gasteiger partial charge on any atom is -0.316 e. The molecule has 3 rings (SSSR count). The van der Waals surface area contributed by atoms with E-state index in [-0.39, 0.29) is 5.56 Å². The van der Waals surface area contributed by atoms with E-state index in [2.05, 4.69) is 10.2 Å². The first-order valence-electron chi connectivity index (χ1n) is 7.82. The third-order valence-electron chi connectivity index (χ3n) is 4.86. The summed E-state index contributed by atoms with van der Waals surface area (Å²) in [5.41, 5.74) is 1.61. The van der Waals surface area contributed by atoms with Gasteiger partial charge in [0.05, 0.1) is 5.56 Å². The number of hydrogen-bond donors (Lipinski definition) is 1. The topological polar surface area (TPSA) is 39.1 Å². The summed E-state index contributed by atoms with van der Waals surface area (Å²) in [4.78, 5) is 2.46. The highest BCUT2D eigenvalue weighted by Gasteiger charge is 2.36. The van der Waals surface area contributed by atoms with Crippen molar-refractivity contribution in [2.24, 2.45) is 5.41 Å². The van der Waals surface area contributed by atoms with Gasteiger partial charge in [-0.15, -0.1) is 0 Å². The lowest BCUT2D eigenvalue weighted by Gasteiger charge is -2.45. The zero-order valence-corrected chi connectivity index (χ0v) is 12.4. The van der Waals surface area contributed by atoms with Gasteiger partial charge in [0.1, 0.15) is 11.9 Å². The number of rotatable bonds is 2. The highest BCUT2D eigenvalue weighted by molar-refractivity contribution is 5.34. The lowest BCUT2D eigenvalue weighted by molar-refractivity contribution is 0.0600. The Balaban J connectivity index is 1.68. The van der Waals surface area contributed by atoms with Crippen LogP contribution in [0.3, 0.4) is 0 Å². The molecular formula is C17H22FN3. The molecule has 1 atom stereocenters. The zero-order valence-electron chi connectivity index (χ0n) is 12.4. The SMILES string of the molecule is N#Cc1cc(CN2CCCC3(CCCNC3)C2)ccc1F. The van der Waals surface area contributed by atoms with E-state index in [9.17, 15) is 4.39 Å². The molecule has 1 aromatic rings. The van der Waals surface area contributed by atoms with Gasteiger partial charge in [-0.3, -0.25) is 4.90 Å². The van der Waals surface area contributed by atoms with Crippen molar-refractivity contribution in [1.29, 1.82) is 5.26 Å². The van der Waals surface area contributed by atoms with E-state index in [1.54, 1.807) is 12.1 Å². The fourth-order valence-electron chi connectivity index (χ4n) is 3.84. The number of benzene rings is 1. The van der Waals surface area contributed by atoms with Crippen LogP contribution >= 0.6 is 0 Å². The maximum absolute atomic E-state index is 13.4. The Morgan fingerprint density at radius 2 is 2.19 bits per heavy atom. The molecule has 4 heteroatoms. The predicted molar refractivity (Wildman–Crippen MR) is 80.2 cm³/mol. The lowest BCUT2D eigenvalue weighted by Crippen LogP contribution is -2.50. The third kappa shape index (κ3) is 3.25. The monoisotopic (exact) mass is 287 g/mol. The molecule has 1 unspecified atom stereocenters. The Morgan fingerprint density at radius 3 is 2.95 bits per heavy atom. The maximum atomic E-state index is 13.4. The van der Waals surface area contributed by atoms with Gasteiger partial charge in [0.15, 0.2) is 0 Å². The molecule has 3 nitrogen and oxygen atoms in total. The molecule has 0 aliphatic carbocycles. The summed E-state index contributed by atoms with van der Waals surface area (Å²) >= 11 is 0. The van der Waals surface area contributed by atoms with Gasteiger partial charge < -0.3 is 5.32 Å². The fourth-order valence-corrected chi connectivity index (χ4v) is 3.84. The van der Waals surface area contributed by atoms with E-state index in [4.69, 9.17) is 5.26 Å². The summed E-state index contributed by atoms with van der Waals surface area (Å²) in [7, 11) is 0. The van der Waals surface area contributed by atoms with E-state index in [1.807, 2.05) is 6.07 Å². The summed E-state index contributed by atoms with van der Waals surface area (Å²) in [5, 5.41) is 12.5. The van der Waals surface area contributed by atoms with E-state index in [0.29, 0.717) is 5.41 Å². The Bertz CT molecular complexity index is 538. The Morgan fingerprint density at radius 1 is 1.33 bits per heavy atom. The van der Waals surface area contributed by atoms with Crippen LogP contribution in [0.5, 0.6) is 0 Å². The highest BCUT2D eigenvalue weighted by Crippen LogP contribution is 2.36. The van der Waals surface area contributed by atoms with Crippen molar-refractivity contribution in [3.8, 4) is 6.07 Å². The number of nitrogens with one attached hydrogen (secondary N) is 1. The third-order valence-corrected chi connectivity index (χ3v) is 4.86. The van der Waals surface area contributed by atoms with Crippen molar-refractivity contribution in [3.05, 3.63) is 35.1 Å². The number of halogens is 1. The van der Waals surface area contributed by atoms with Crippen LogP contribution in [0.25, 0.3) is 0 Å². The van der Waals surface area contributed by atoms with Crippen molar-refractivity contribution < 1.29 is 4.39 Å². The summed E-state index contributed by atoms with van der Waals surface area (Å²) in [6.45, 7) is 5.29. The molecule has 2 heterocycles. The average molecular weight is 287 g/mol. The largest absolute Gasteiger partial charge is 0.316 e. The highest BCUT2D eigenvalue weighted by atomic mass is 19.1. The van der Waals surface area contributed by atoms with Crippen molar-refractivity contribution in [2.75, 3.05) is 26.2 Å². The number of nitrogens with zero attached hydrogens (tertiary/aromatic N) is 2. The first-order valence-corrected chi connectivity index (χ1v) is 7.82. The van der Waals surface area contributed by atoms with Gasteiger partial charge in [-0.1, -0.05) is 6.07 Å². The first kappa shape index (κ1) is 14.5. The zero-order chi connectivity index (χ0) is 14.7. The maximum Gasteiger partial charge on any atom is 0.140 e. The molecule has 0 amide bonds. The number of hydrogen-bond acceptors (Lipinski definition) is 3. The predicted octanol–water partition coefficient (Wildman–Crippen LogP) is 2.66. The van der Waals surface area contributed by atoms with Crippen molar-refractivity contribution >= 4 is 0 Å². The van der Waals surface area contributed by atoms with Gasteiger partial charge in [0.2, 0.25) is 0 Å². The summed E-state index contributed by atoms with van der Waals surface area (Å²) in [6, 6.07) is 6.83. The Hall–Kier alpha value is -1.44. The Kier molecular flexibility index (Phi) is 4.23. The molecule has 1 N–H and O–H groups in total. The van der Waals surface area contributed by atoms with Gasteiger partial charge >= 0.3 is 0 Å². The second kappa shape index (κ2) is 6.13.